The summed E-state index contributed by atoms with van der Waals surface area (Å²) < 4.78 is 38.6. The van der Waals surface area contributed by atoms with Crippen molar-refractivity contribution >= 4 is 24.8 Å². The molecular formula is C30H54N5O6P. The van der Waals surface area contributed by atoms with Crippen LogP contribution < -0.4 is 5.73 Å². The molecule has 3 rings (SSSR count). The van der Waals surface area contributed by atoms with Crippen LogP contribution in [0.3, 0.4) is 0 Å². The van der Waals surface area contributed by atoms with Crippen LogP contribution in [0, 0.1) is 0 Å². The van der Waals surface area contributed by atoms with E-state index in [2.05, 4.69) is 28.8 Å². The molecule has 1 aliphatic heterocycles. The number of phosphoric acid groups is 1. The van der Waals surface area contributed by atoms with E-state index in [0.29, 0.717) is 30.8 Å². The third-order valence-electron chi connectivity index (χ3n) is 7.79. The first-order valence-corrected chi connectivity index (χ1v) is 17.7. The number of nitrogens with zero attached hydrogens (tertiary/aromatic N) is 4. The van der Waals surface area contributed by atoms with Gasteiger partial charge < -0.3 is 15.6 Å². The Labute approximate surface area is 251 Å². The SMILES string of the molecule is CCCCCCCCCCOP(=O)(OCCCCCCCCCC)OC[C@H]1O[C@@H](n2cnc3c(N)ncnc32)C[C@@H]1O. The number of phosphoric ester groups is 1. The molecule has 0 spiro atoms. The number of hydrogen-bond donors (Lipinski definition) is 2. The maximum atomic E-state index is 13.6. The largest absolute Gasteiger partial charge is 0.474 e. The van der Waals surface area contributed by atoms with Gasteiger partial charge in [0.05, 0.1) is 32.3 Å². The van der Waals surface area contributed by atoms with Crippen molar-refractivity contribution in [2.75, 3.05) is 25.6 Å². The fourth-order valence-electron chi connectivity index (χ4n) is 5.22. The van der Waals surface area contributed by atoms with Gasteiger partial charge in [0.2, 0.25) is 0 Å². The van der Waals surface area contributed by atoms with Crippen molar-refractivity contribution in [1.29, 1.82) is 0 Å². The Morgan fingerprint density at radius 2 is 1.40 bits per heavy atom. The van der Waals surface area contributed by atoms with Crippen LogP contribution in [0.1, 0.15) is 129 Å². The zero-order valence-corrected chi connectivity index (χ0v) is 26.7. The van der Waals surface area contributed by atoms with Crippen molar-refractivity contribution in [2.24, 2.45) is 0 Å². The Kier molecular flexibility index (Phi) is 16.3. The van der Waals surface area contributed by atoms with E-state index >= 15 is 0 Å². The predicted molar refractivity (Wildman–Crippen MR) is 165 cm³/mol. The van der Waals surface area contributed by atoms with Crippen molar-refractivity contribution in [3.05, 3.63) is 12.7 Å². The van der Waals surface area contributed by atoms with Crippen LogP contribution in [0.5, 0.6) is 0 Å². The number of ether oxygens (including phenoxy) is 1. The summed E-state index contributed by atoms with van der Waals surface area (Å²) in [6.45, 7) is 4.94. The zero-order chi connectivity index (χ0) is 30.0. The molecule has 0 bridgehead atoms. The van der Waals surface area contributed by atoms with E-state index < -0.39 is 26.3 Å². The molecule has 0 aliphatic carbocycles. The van der Waals surface area contributed by atoms with Gasteiger partial charge >= 0.3 is 7.82 Å². The number of anilines is 1. The molecule has 3 heterocycles. The highest BCUT2D eigenvalue weighted by Gasteiger charge is 2.38. The van der Waals surface area contributed by atoms with E-state index in [1.165, 1.54) is 70.5 Å². The first kappa shape index (κ1) is 34.9. The molecule has 11 nitrogen and oxygen atoms in total. The van der Waals surface area contributed by atoms with Gasteiger partial charge in [-0.2, -0.15) is 0 Å². The number of imidazole rings is 1. The topological polar surface area (TPSA) is 144 Å². The van der Waals surface area contributed by atoms with E-state index in [1.807, 2.05) is 0 Å². The summed E-state index contributed by atoms with van der Waals surface area (Å²) in [4.78, 5) is 12.5. The second kappa shape index (κ2) is 19.6. The summed E-state index contributed by atoms with van der Waals surface area (Å²) in [5, 5.41) is 10.7. The third kappa shape index (κ3) is 11.8. The summed E-state index contributed by atoms with van der Waals surface area (Å²) in [5.41, 5.74) is 6.90. The molecular weight excluding hydrogens is 557 g/mol. The Morgan fingerprint density at radius 3 is 1.98 bits per heavy atom. The molecule has 0 amide bonds. The van der Waals surface area contributed by atoms with E-state index in [4.69, 9.17) is 24.0 Å². The zero-order valence-electron chi connectivity index (χ0n) is 25.8. The molecule has 2 aromatic heterocycles. The predicted octanol–water partition coefficient (Wildman–Crippen LogP) is 7.50. The number of hydrogen-bond acceptors (Lipinski definition) is 10. The Balaban J connectivity index is 1.46. The summed E-state index contributed by atoms with van der Waals surface area (Å²) in [6, 6.07) is 0. The Bertz CT molecular complexity index is 1030. The fraction of sp³-hybridized carbons (Fsp3) is 0.833. The van der Waals surface area contributed by atoms with Gasteiger partial charge in [-0.3, -0.25) is 18.1 Å². The molecule has 2 aromatic rings. The van der Waals surface area contributed by atoms with Gasteiger partial charge in [-0.25, -0.2) is 19.5 Å². The number of rotatable bonds is 24. The van der Waals surface area contributed by atoms with Crippen LogP contribution in [-0.4, -0.2) is 56.7 Å². The van der Waals surface area contributed by atoms with Crippen molar-refractivity contribution in [3.63, 3.8) is 0 Å². The van der Waals surface area contributed by atoms with Crippen molar-refractivity contribution in [1.82, 2.24) is 19.5 Å². The molecule has 240 valence electrons. The molecule has 0 saturated carbocycles. The average molecular weight is 612 g/mol. The fourth-order valence-corrected chi connectivity index (χ4v) is 6.48. The molecule has 1 fully saturated rings. The van der Waals surface area contributed by atoms with Gasteiger partial charge in [0.15, 0.2) is 11.5 Å². The Morgan fingerprint density at radius 1 is 0.857 bits per heavy atom. The minimum atomic E-state index is -3.81. The minimum absolute atomic E-state index is 0.118. The maximum Gasteiger partial charge on any atom is 0.474 e. The lowest BCUT2D eigenvalue weighted by Crippen LogP contribution is -2.26. The van der Waals surface area contributed by atoms with Crippen LogP contribution in [0.4, 0.5) is 5.82 Å². The first-order chi connectivity index (χ1) is 20.5. The normalized spacial score (nSPS) is 19.3. The van der Waals surface area contributed by atoms with Gasteiger partial charge in [-0.1, -0.05) is 104 Å². The van der Waals surface area contributed by atoms with Crippen LogP contribution >= 0.6 is 7.82 Å². The summed E-state index contributed by atoms with van der Waals surface area (Å²) in [7, 11) is -3.81. The average Bonchev–Trinajstić information content (AvgIpc) is 3.58. The van der Waals surface area contributed by atoms with Gasteiger partial charge in [-0.15, -0.1) is 0 Å². The standard InChI is InChI=1S/C30H54N5O6P/c1-3-5-7-9-11-13-15-17-19-38-42(37,39-20-18-16-14-12-10-8-6-4-2)40-22-26-25(36)21-27(41-26)35-24-34-28-29(31)32-23-33-30(28)35/h23-27,36H,3-22H2,1-2H3,(H2,31,32,33)/t25-,26+,27+/m0/s1. The van der Waals surface area contributed by atoms with Crippen molar-refractivity contribution in [2.45, 2.75) is 141 Å². The van der Waals surface area contributed by atoms with E-state index in [0.717, 1.165) is 38.5 Å². The number of aromatic nitrogens is 4. The molecule has 3 N–H and O–H groups in total. The minimum Gasteiger partial charge on any atom is -0.390 e. The lowest BCUT2D eigenvalue weighted by atomic mass is 10.1. The molecule has 0 aromatic carbocycles. The van der Waals surface area contributed by atoms with Gasteiger partial charge in [0.1, 0.15) is 24.2 Å². The highest BCUT2D eigenvalue weighted by atomic mass is 31.2. The number of nitrogens with two attached hydrogens (primary N) is 1. The van der Waals surface area contributed by atoms with E-state index in [-0.39, 0.29) is 12.4 Å². The molecule has 0 unspecified atom stereocenters. The Hall–Kier alpha value is -1.62. The number of fused-ring (bicyclic) bond motifs is 1. The quantitative estimate of drug-likeness (QED) is 0.0904. The summed E-state index contributed by atoms with van der Waals surface area (Å²) in [5.74, 6) is 0.278. The maximum absolute atomic E-state index is 13.6. The lowest BCUT2D eigenvalue weighted by molar-refractivity contribution is -0.0457. The number of unbranched alkanes of at least 4 members (excludes halogenated alkanes) is 14. The van der Waals surface area contributed by atoms with Crippen LogP contribution in [-0.2, 0) is 22.9 Å². The molecule has 1 aliphatic rings. The monoisotopic (exact) mass is 611 g/mol. The van der Waals surface area contributed by atoms with Crippen LogP contribution in [0.15, 0.2) is 12.7 Å². The first-order valence-electron chi connectivity index (χ1n) is 16.3. The van der Waals surface area contributed by atoms with Gasteiger partial charge in [0, 0.05) is 6.42 Å². The number of nitrogen functional groups attached to an aromatic ring is 1. The summed E-state index contributed by atoms with van der Waals surface area (Å²) in [6.07, 6.45) is 19.7. The smallest absolute Gasteiger partial charge is 0.390 e. The highest BCUT2D eigenvalue weighted by molar-refractivity contribution is 7.48. The molecule has 3 atom stereocenters. The lowest BCUT2D eigenvalue weighted by Gasteiger charge is -2.21. The van der Waals surface area contributed by atoms with Gasteiger partial charge in [0.25, 0.3) is 0 Å². The molecule has 12 heteroatoms. The molecule has 0 radical (unpaired) electrons. The second-order valence-corrected chi connectivity index (χ2v) is 13.0. The van der Waals surface area contributed by atoms with E-state index in [9.17, 15) is 9.67 Å². The highest BCUT2D eigenvalue weighted by Crippen LogP contribution is 2.50. The van der Waals surface area contributed by atoms with E-state index in [1.54, 1.807) is 10.9 Å². The summed E-state index contributed by atoms with van der Waals surface area (Å²) >= 11 is 0. The van der Waals surface area contributed by atoms with Crippen LogP contribution in [0.2, 0.25) is 0 Å². The molecule has 1 saturated heterocycles. The number of aliphatic hydroxyl groups excluding tert-OH is 1. The number of aliphatic hydroxyl groups is 1. The van der Waals surface area contributed by atoms with Gasteiger partial charge in [-0.05, 0) is 12.8 Å². The van der Waals surface area contributed by atoms with Crippen molar-refractivity contribution in [3.8, 4) is 0 Å². The van der Waals surface area contributed by atoms with Crippen LogP contribution in [0.25, 0.3) is 11.2 Å². The van der Waals surface area contributed by atoms with Crippen molar-refractivity contribution < 1.29 is 28.0 Å². The second-order valence-electron chi connectivity index (χ2n) is 11.4. The molecule has 42 heavy (non-hydrogen) atoms. The third-order valence-corrected chi connectivity index (χ3v) is 9.26.